The molecule has 0 atom stereocenters. The van der Waals surface area contributed by atoms with E-state index in [1.165, 1.54) is 4.90 Å². The highest BCUT2D eigenvalue weighted by molar-refractivity contribution is 9.09. The summed E-state index contributed by atoms with van der Waals surface area (Å²) in [6.45, 7) is -0.476. The molecule has 0 unspecified atom stereocenters. The van der Waals surface area contributed by atoms with E-state index in [2.05, 4.69) is 21.2 Å². The van der Waals surface area contributed by atoms with Crippen LogP contribution < -0.4 is 10.2 Å². The molecule has 0 spiro atoms. The molecule has 0 aliphatic heterocycles. The summed E-state index contributed by atoms with van der Waals surface area (Å²) in [6.07, 6.45) is -0.0774. The number of nitro groups is 2. The largest absolute Gasteiger partial charge is 0.395 e. The van der Waals surface area contributed by atoms with Crippen molar-refractivity contribution in [1.82, 2.24) is 5.32 Å². The number of alkyl halides is 1. The molecular weight excluding hydrogens is 480 g/mol. The summed E-state index contributed by atoms with van der Waals surface area (Å²) in [6, 6.07) is 1.65. The summed E-state index contributed by atoms with van der Waals surface area (Å²) in [4.78, 5) is 34.6. The molecule has 1 aromatic carbocycles. The number of carbonyl (C=O) groups excluding carboxylic acids is 1. The number of halogens is 1. The predicted molar refractivity (Wildman–Crippen MR) is 106 cm³/mol. The first-order valence-electron chi connectivity index (χ1n) is 8.13. The van der Waals surface area contributed by atoms with E-state index in [1.54, 1.807) is 0 Å². The molecule has 0 aromatic heterocycles. The lowest BCUT2D eigenvalue weighted by Crippen LogP contribution is -2.30. The number of hydrogen-bond donors (Lipinski definition) is 3. The van der Waals surface area contributed by atoms with Crippen LogP contribution in [0, 0.1) is 20.2 Å². The maximum atomic E-state index is 12.3. The van der Waals surface area contributed by atoms with Crippen molar-refractivity contribution in [1.29, 1.82) is 0 Å². The highest BCUT2D eigenvalue weighted by Crippen LogP contribution is 2.35. The van der Waals surface area contributed by atoms with Crippen LogP contribution in [0.3, 0.4) is 0 Å². The Labute approximate surface area is 173 Å². The average Bonchev–Trinajstić information content (AvgIpc) is 2.63. The summed E-state index contributed by atoms with van der Waals surface area (Å²) < 4.78 is 30.7. The van der Waals surface area contributed by atoms with Crippen molar-refractivity contribution in [3.8, 4) is 0 Å². The van der Waals surface area contributed by atoms with E-state index in [0.29, 0.717) is 11.4 Å². The van der Waals surface area contributed by atoms with E-state index in [4.69, 9.17) is 9.66 Å². The maximum Gasteiger partial charge on any atom is 0.299 e. The monoisotopic (exact) mass is 498 g/mol. The molecule has 1 amide bonds. The van der Waals surface area contributed by atoms with Crippen molar-refractivity contribution in [2.75, 3.05) is 42.2 Å². The van der Waals surface area contributed by atoms with Gasteiger partial charge in [0.05, 0.1) is 28.3 Å². The van der Waals surface area contributed by atoms with Crippen molar-refractivity contribution < 1.29 is 32.7 Å². The minimum atomic E-state index is -4.24. The van der Waals surface area contributed by atoms with Crippen molar-refractivity contribution >= 4 is 49.0 Å². The average molecular weight is 499 g/mol. The van der Waals surface area contributed by atoms with E-state index in [0.717, 1.165) is 6.07 Å². The highest BCUT2D eigenvalue weighted by atomic mass is 79.9. The molecular formula is C14H19BrN4O9S. The quantitative estimate of drug-likeness (QED) is 0.160. The normalized spacial score (nSPS) is 11.1. The van der Waals surface area contributed by atoms with Crippen molar-refractivity contribution in [3.05, 3.63) is 37.9 Å². The summed E-state index contributed by atoms with van der Waals surface area (Å²) in [5, 5.41) is 34.1. The number of amides is 1. The zero-order chi connectivity index (χ0) is 22.2. The number of nitrogens with one attached hydrogen (secondary N) is 1. The number of anilines is 1. The first-order valence-corrected chi connectivity index (χ1v) is 10.9. The van der Waals surface area contributed by atoms with Crippen LogP contribution in [0.25, 0.3) is 0 Å². The Morgan fingerprint density at radius 3 is 2.28 bits per heavy atom. The molecule has 29 heavy (non-hydrogen) atoms. The van der Waals surface area contributed by atoms with Gasteiger partial charge >= 0.3 is 0 Å². The van der Waals surface area contributed by atoms with Gasteiger partial charge in [0.15, 0.2) is 0 Å². The van der Waals surface area contributed by atoms with Crippen LogP contribution >= 0.6 is 15.9 Å². The lowest BCUT2D eigenvalue weighted by Gasteiger charge is -2.24. The highest BCUT2D eigenvalue weighted by Gasteiger charge is 2.30. The smallest absolute Gasteiger partial charge is 0.299 e. The molecule has 3 N–H and O–H groups in total. The number of aliphatic hydroxyl groups excluding tert-OH is 1. The minimum absolute atomic E-state index is 0.0399. The molecule has 1 aromatic rings. The minimum Gasteiger partial charge on any atom is -0.395 e. The van der Waals surface area contributed by atoms with Crippen LogP contribution in [-0.4, -0.2) is 71.2 Å². The van der Waals surface area contributed by atoms with Gasteiger partial charge in [-0.1, -0.05) is 15.9 Å². The molecule has 0 saturated carbocycles. The van der Waals surface area contributed by atoms with Gasteiger partial charge in [-0.25, -0.2) is 0 Å². The van der Waals surface area contributed by atoms with E-state index in [-0.39, 0.29) is 31.7 Å². The first-order chi connectivity index (χ1) is 13.5. The Kier molecular flexibility index (Phi) is 9.35. The molecule has 1 rings (SSSR count). The van der Waals surface area contributed by atoms with Gasteiger partial charge in [0.2, 0.25) is 0 Å². The fraction of sp³-hybridized carbons (Fsp3) is 0.500. The Balaban J connectivity index is 3.47. The molecule has 0 bridgehead atoms. The second-order valence-electron chi connectivity index (χ2n) is 5.67. The van der Waals surface area contributed by atoms with Gasteiger partial charge in [-0.05, 0) is 12.5 Å². The lowest BCUT2D eigenvalue weighted by atomic mass is 10.1. The van der Waals surface area contributed by atoms with Gasteiger partial charge in [0.1, 0.15) is 11.3 Å². The van der Waals surface area contributed by atoms with Gasteiger partial charge in [-0.2, -0.15) is 8.42 Å². The fourth-order valence-electron chi connectivity index (χ4n) is 2.46. The molecule has 0 saturated heterocycles. The zero-order valence-electron chi connectivity index (χ0n) is 15.0. The fourth-order valence-corrected chi connectivity index (χ4v) is 3.38. The van der Waals surface area contributed by atoms with Gasteiger partial charge in [0, 0.05) is 25.0 Å². The summed E-state index contributed by atoms with van der Waals surface area (Å²) in [5.74, 6) is -1.49. The van der Waals surface area contributed by atoms with Crippen LogP contribution in [0.2, 0.25) is 0 Å². The summed E-state index contributed by atoms with van der Waals surface area (Å²) in [7, 11) is -4.24. The van der Waals surface area contributed by atoms with Crippen molar-refractivity contribution in [3.63, 3.8) is 0 Å². The summed E-state index contributed by atoms with van der Waals surface area (Å²) >= 11 is 3.17. The number of hydrogen-bond acceptors (Lipinski definition) is 9. The molecule has 15 heteroatoms. The van der Waals surface area contributed by atoms with E-state index in [9.17, 15) is 33.4 Å². The van der Waals surface area contributed by atoms with Crippen LogP contribution in [0.4, 0.5) is 17.1 Å². The molecule has 0 aliphatic rings. The van der Waals surface area contributed by atoms with Gasteiger partial charge < -0.3 is 15.3 Å². The molecule has 0 radical (unpaired) electrons. The van der Waals surface area contributed by atoms with E-state index >= 15 is 0 Å². The van der Waals surface area contributed by atoms with Crippen LogP contribution in [0.15, 0.2) is 12.1 Å². The summed E-state index contributed by atoms with van der Waals surface area (Å²) in [5.41, 5.74) is -1.99. The Hall–Kier alpha value is -2.36. The number of carbonyl (C=O) groups is 1. The maximum absolute atomic E-state index is 12.3. The Morgan fingerprint density at radius 1 is 1.17 bits per heavy atom. The number of benzene rings is 1. The van der Waals surface area contributed by atoms with Gasteiger partial charge in [0.25, 0.3) is 27.4 Å². The van der Waals surface area contributed by atoms with Gasteiger partial charge in [-0.3, -0.25) is 29.6 Å². The first kappa shape index (κ1) is 24.7. The van der Waals surface area contributed by atoms with E-state index in [1.807, 2.05) is 0 Å². The number of rotatable bonds is 12. The van der Waals surface area contributed by atoms with Gasteiger partial charge in [-0.15, -0.1) is 0 Å². The van der Waals surface area contributed by atoms with Crippen molar-refractivity contribution in [2.24, 2.45) is 0 Å². The second-order valence-corrected chi connectivity index (χ2v) is 8.03. The molecule has 0 aliphatic carbocycles. The third kappa shape index (κ3) is 7.52. The third-order valence-corrected chi connectivity index (χ3v) is 4.81. The van der Waals surface area contributed by atoms with Crippen molar-refractivity contribution in [2.45, 2.75) is 6.42 Å². The molecule has 13 nitrogen and oxygen atoms in total. The van der Waals surface area contributed by atoms with Crippen LogP contribution in [0.1, 0.15) is 16.8 Å². The predicted octanol–water partition coefficient (Wildman–Crippen LogP) is 0.704. The van der Waals surface area contributed by atoms with Crippen LogP contribution in [0.5, 0.6) is 0 Å². The molecule has 0 fully saturated rings. The molecule has 0 heterocycles. The Bertz CT molecular complexity index is 878. The SMILES string of the molecule is O=C(NCCO)c1cc(N(CCBr)CCCS(=O)(=O)O)c([N+](=O)[O-])cc1[N+](=O)[O-]. The number of nitrogens with zero attached hydrogens (tertiary/aromatic N) is 3. The second kappa shape index (κ2) is 11.0. The molecule has 162 valence electrons. The zero-order valence-corrected chi connectivity index (χ0v) is 17.4. The Morgan fingerprint density at radius 2 is 1.79 bits per heavy atom. The third-order valence-electron chi connectivity index (χ3n) is 3.65. The van der Waals surface area contributed by atoms with Crippen LogP contribution in [-0.2, 0) is 10.1 Å². The number of nitro benzene ring substituents is 2. The lowest BCUT2D eigenvalue weighted by molar-refractivity contribution is -0.393. The van der Waals surface area contributed by atoms with E-state index < -0.39 is 55.2 Å². The topological polar surface area (TPSA) is 193 Å². The standard InChI is InChI=1S/C14H19BrN4O9S/c15-2-5-17(4-1-7-29(26,27)28)12-8-10(14(21)16-3-6-20)11(18(22)23)9-13(12)19(24)25/h8-9,20H,1-7H2,(H,16,21)(H,26,27,28). The number of aliphatic hydroxyl groups is 1.